The largest absolute Gasteiger partial charge is 0.489 e. The number of rotatable bonds is 10. The van der Waals surface area contributed by atoms with Gasteiger partial charge in [-0.25, -0.2) is 13.1 Å². The first-order valence-electron chi connectivity index (χ1n) is 10.3. The molecule has 2 aromatic carbocycles. The van der Waals surface area contributed by atoms with Crippen molar-refractivity contribution in [1.82, 2.24) is 15.0 Å². The predicted molar refractivity (Wildman–Crippen MR) is 123 cm³/mol. The van der Waals surface area contributed by atoms with Gasteiger partial charge in [0.2, 0.25) is 15.9 Å². The number of hydrogen-bond donors (Lipinski definition) is 2. The van der Waals surface area contributed by atoms with Crippen LogP contribution in [0, 0.1) is 0 Å². The number of ether oxygens (including phenoxy) is 1. The van der Waals surface area contributed by atoms with Gasteiger partial charge in [0.15, 0.2) is 0 Å². The second kappa shape index (κ2) is 10.9. The second-order valence-corrected chi connectivity index (χ2v) is 9.25. The summed E-state index contributed by atoms with van der Waals surface area (Å²) in [5, 5.41) is 2.99. The lowest BCUT2D eigenvalue weighted by molar-refractivity contribution is -0.121. The van der Waals surface area contributed by atoms with Crippen molar-refractivity contribution < 1.29 is 17.9 Å². The summed E-state index contributed by atoms with van der Waals surface area (Å²) in [5.74, 6) is 0.682. The Bertz CT molecular complexity index is 1120. The Morgan fingerprint density at radius 2 is 1.75 bits per heavy atom. The van der Waals surface area contributed by atoms with Crippen molar-refractivity contribution in [2.75, 3.05) is 7.05 Å². The Morgan fingerprint density at radius 3 is 2.38 bits per heavy atom. The number of benzene rings is 2. The first-order chi connectivity index (χ1) is 15.4. The summed E-state index contributed by atoms with van der Waals surface area (Å²) < 4.78 is 31.6. The molecule has 1 amide bonds. The molecular formula is C24H27N3O4S. The summed E-state index contributed by atoms with van der Waals surface area (Å²) in [7, 11) is -2.08. The Morgan fingerprint density at radius 1 is 1.03 bits per heavy atom. The molecule has 0 saturated carbocycles. The molecule has 8 heteroatoms. The molecule has 1 heterocycles. The van der Waals surface area contributed by atoms with Gasteiger partial charge >= 0.3 is 0 Å². The average Bonchev–Trinajstić information content (AvgIpc) is 2.82. The molecule has 168 valence electrons. The van der Waals surface area contributed by atoms with E-state index < -0.39 is 10.0 Å². The fraction of sp³-hybridized carbons (Fsp3) is 0.250. The van der Waals surface area contributed by atoms with Gasteiger partial charge in [0, 0.05) is 24.4 Å². The fourth-order valence-electron chi connectivity index (χ4n) is 3.11. The van der Waals surface area contributed by atoms with E-state index in [4.69, 9.17) is 4.74 Å². The molecule has 0 spiro atoms. The average molecular weight is 454 g/mol. The van der Waals surface area contributed by atoms with Crippen LogP contribution >= 0.6 is 0 Å². The van der Waals surface area contributed by atoms with E-state index in [0.29, 0.717) is 19.4 Å². The smallest absolute Gasteiger partial charge is 0.240 e. The van der Waals surface area contributed by atoms with E-state index in [-0.39, 0.29) is 16.8 Å². The molecule has 0 aliphatic carbocycles. The van der Waals surface area contributed by atoms with Crippen LogP contribution in [0.1, 0.15) is 36.1 Å². The summed E-state index contributed by atoms with van der Waals surface area (Å²) in [6.07, 6.45) is 4.33. The van der Waals surface area contributed by atoms with Gasteiger partial charge in [0.1, 0.15) is 12.4 Å². The Labute approximate surface area is 188 Å². The standard InChI is InChI=1S/C24H27N3O4S/c1-18(21-8-10-22(11-9-21)31-17-20-4-3-15-26-16-20)27-24(28)14-7-19-5-12-23(13-6-19)32(29,30)25-2/h3-6,8-13,15-16,18,25H,7,14,17H2,1-2H3,(H,27,28). The SMILES string of the molecule is CNS(=O)(=O)c1ccc(CCC(=O)NC(C)c2ccc(OCc3cccnc3)cc2)cc1. The second-order valence-electron chi connectivity index (χ2n) is 7.36. The van der Waals surface area contributed by atoms with Gasteiger partial charge in [-0.05, 0) is 61.9 Å². The Kier molecular flexibility index (Phi) is 7.97. The molecule has 1 aromatic heterocycles. The zero-order chi connectivity index (χ0) is 23.0. The molecule has 0 bridgehead atoms. The van der Waals surface area contributed by atoms with Crippen LogP contribution in [0.5, 0.6) is 5.75 Å². The fourth-order valence-corrected chi connectivity index (χ4v) is 3.84. The quantitative estimate of drug-likeness (QED) is 0.491. The number of pyridine rings is 1. The summed E-state index contributed by atoms with van der Waals surface area (Å²) >= 11 is 0. The summed E-state index contributed by atoms with van der Waals surface area (Å²) in [6, 6.07) is 17.9. The van der Waals surface area contributed by atoms with Crippen molar-refractivity contribution >= 4 is 15.9 Å². The number of carbonyl (C=O) groups is 1. The van der Waals surface area contributed by atoms with Crippen LogP contribution in [-0.2, 0) is 27.8 Å². The zero-order valence-electron chi connectivity index (χ0n) is 18.1. The van der Waals surface area contributed by atoms with Gasteiger partial charge < -0.3 is 10.1 Å². The van der Waals surface area contributed by atoms with Crippen LogP contribution in [0.2, 0.25) is 0 Å². The number of amides is 1. The first kappa shape index (κ1) is 23.4. The predicted octanol–water partition coefficient (Wildman–Crippen LogP) is 3.38. The first-order valence-corrected chi connectivity index (χ1v) is 11.8. The molecule has 0 aliphatic heterocycles. The number of aryl methyl sites for hydroxylation is 1. The van der Waals surface area contributed by atoms with E-state index in [1.807, 2.05) is 43.3 Å². The van der Waals surface area contributed by atoms with Crippen LogP contribution in [0.15, 0.2) is 78.0 Å². The number of nitrogens with zero attached hydrogens (tertiary/aromatic N) is 1. The third-order valence-electron chi connectivity index (χ3n) is 5.03. The lowest BCUT2D eigenvalue weighted by Gasteiger charge is -2.15. The van der Waals surface area contributed by atoms with Crippen LogP contribution in [-0.4, -0.2) is 26.4 Å². The topological polar surface area (TPSA) is 97.4 Å². The molecule has 0 fully saturated rings. The molecule has 0 radical (unpaired) electrons. The Balaban J connectivity index is 1.46. The van der Waals surface area contributed by atoms with Crippen molar-refractivity contribution in [3.8, 4) is 5.75 Å². The molecule has 1 atom stereocenters. The third-order valence-corrected chi connectivity index (χ3v) is 6.46. The minimum absolute atomic E-state index is 0.0682. The maximum atomic E-state index is 12.4. The molecule has 7 nitrogen and oxygen atoms in total. The van der Waals surface area contributed by atoms with E-state index in [0.717, 1.165) is 22.4 Å². The third kappa shape index (κ3) is 6.63. The molecule has 2 N–H and O–H groups in total. The lowest BCUT2D eigenvalue weighted by atomic mass is 10.1. The minimum atomic E-state index is -3.45. The molecule has 0 aliphatic rings. The van der Waals surface area contributed by atoms with E-state index in [1.165, 1.54) is 7.05 Å². The summed E-state index contributed by atoms with van der Waals surface area (Å²) in [4.78, 5) is 16.6. The van der Waals surface area contributed by atoms with E-state index >= 15 is 0 Å². The van der Waals surface area contributed by atoms with E-state index in [1.54, 1.807) is 36.7 Å². The van der Waals surface area contributed by atoms with Crippen molar-refractivity contribution in [2.45, 2.75) is 37.3 Å². The van der Waals surface area contributed by atoms with Gasteiger partial charge in [-0.3, -0.25) is 9.78 Å². The van der Waals surface area contributed by atoms with Gasteiger partial charge in [-0.1, -0.05) is 30.3 Å². The number of aromatic nitrogens is 1. The maximum absolute atomic E-state index is 12.4. The van der Waals surface area contributed by atoms with Gasteiger partial charge in [-0.15, -0.1) is 0 Å². The highest BCUT2D eigenvalue weighted by Gasteiger charge is 2.12. The van der Waals surface area contributed by atoms with Gasteiger partial charge in [0.25, 0.3) is 0 Å². The van der Waals surface area contributed by atoms with Crippen molar-refractivity contribution in [3.63, 3.8) is 0 Å². The molecular weight excluding hydrogens is 426 g/mol. The maximum Gasteiger partial charge on any atom is 0.240 e. The van der Waals surface area contributed by atoms with Crippen LogP contribution in [0.4, 0.5) is 0 Å². The van der Waals surface area contributed by atoms with Gasteiger partial charge in [0.05, 0.1) is 10.9 Å². The normalized spacial score (nSPS) is 12.2. The summed E-state index contributed by atoms with van der Waals surface area (Å²) in [6.45, 7) is 2.38. The highest BCUT2D eigenvalue weighted by atomic mass is 32.2. The van der Waals surface area contributed by atoms with E-state index in [9.17, 15) is 13.2 Å². The van der Waals surface area contributed by atoms with Crippen LogP contribution in [0.25, 0.3) is 0 Å². The van der Waals surface area contributed by atoms with Crippen molar-refractivity contribution in [1.29, 1.82) is 0 Å². The highest BCUT2D eigenvalue weighted by molar-refractivity contribution is 7.89. The molecule has 0 saturated heterocycles. The molecule has 32 heavy (non-hydrogen) atoms. The number of sulfonamides is 1. The Hall–Kier alpha value is -3.23. The number of nitrogens with one attached hydrogen (secondary N) is 2. The molecule has 3 rings (SSSR count). The van der Waals surface area contributed by atoms with Crippen LogP contribution < -0.4 is 14.8 Å². The van der Waals surface area contributed by atoms with Gasteiger partial charge in [-0.2, -0.15) is 0 Å². The molecule has 3 aromatic rings. The number of carbonyl (C=O) groups excluding carboxylic acids is 1. The minimum Gasteiger partial charge on any atom is -0.489 e. The van der Waals surface area contributed by atoms with Crippen molar-refractivity contribution in [3.05, 3.63) is 89.7 Å². The van der Waals surface area contributed by atoms with E-state index in [2.05, 4.69) is 15.0 Å². The highest BCUT2D eigenvalue weighted by Crippen LogP contribution is 2.19. The van der Waals surface area contributed by atoms with Crippen molar-refractivity contribution in [2.24, 2.45) is 0 Å². The zero-order valence-corrected chi connectivity index (χ0v) is 18.9. The lowest BCUT2D eigenvalue weighted by Crippen LogP contribution is -2.26. The number of hydrogen-bond acceptors (Lipinski definition) is 5. The molecule has 1 unspecified atom stereocenters. The monoisotopic (exact) mass is 453 g/mol. The van der Waals surface area contributed by atoms with Crippen LogP contribution in [0.3, 0.4) is 0 Å². The summed E-state index contributed by atoms with van der Waals surface area (Å²) in [5.41, 5.74) is 2.88.